The molecule has 3 rings (SSSR count). The molecule has 1 N–H and O–H groups in total. The van der Waals surface area contributed by atoms with Gasteiger partial charge in [-0.3, -0.25) is 4.79 Å². The van der Waals surface area contributed by atoms with Gasteiger partial charge in [-0.1, -0.05) is 60.7 Å². The lowest BCUT2D eigenvalue weighted by atomic mass is 10.1. The molecule has 6 nitrogen and oxygen atoms in total. The Morgan fingerprint density at radius 2 is 1.58 bits per heavy atom. The second kappa shape index (κ2) is 8.08. The number of amidine groups is 2. The Hall–Kier alpha value is -3.46. The molecule has 0 spiro atoms. The summed E-state index contributed by atoms with van der Waals surface area (Å²) in [5.74, 6) is -0.591. The number of benzene rings is 2. The van der Waals surface area contributed by atoms with Crippen LogP contribution in [0.25, 0.3) is 0 Å². The average Bonchev–Trinajstić information content (AvgIpc) is 2.70. The molecular weight excluding hydrogens is 328 g/mol. The molecule has 0 fully saturated rings. The number of nitriles is 1. The molecule has 0 amide bonds. The third kappa shape index (κ3) is 3.78. The number of esters is 1. The van der Waals surface area contributed by atoms with Crippen LogP contribution < -0.4 is 5.32 Å². The molecule has 0 aromatic heterocycles. The van der Waals surface area contributed by atoms with Crippen LogP contribution in [-0.2, 0) is 9.53 Å². The van der Waals surface area contributed by atoms with Crippen molar-refractivity contribution in [1.29, 1.82) is 5.26 Å². The summed E-state index contributed by atoms with van der Waals surface area (Å²) in [6.07, 6.45) is -0.870. The SMILES string of the molecule is CCOC(=O)C(C#N)C1N=C(c2ccccc2)NC(c2ccccc2)=N1. The van der Waals surface area contributed by atoms with E-state index in [1.807, 2.05) is 66.7 Å². The van der Waals surface area contributed by atoms with Gasteiger partial charge in [-0.2, -0.15) is 5.26 Å². The van der Waals surface area contributed by atoms with Gasteiger partial charge in [-0.15, -0.1) is 0 Å². The summed E-state index contributed by atoms with van der Waals surface area (Å²) < 4.78 is 5.01. The first kappa shape index (κ1) is 17.4. The van der Waals surface area contributed by atoms with Crippen LogP contribution in [0.4, 0.5) is 0 Å². The van der Waals surface area contributed by atoms with Crippen molar-refractivity contribution in [3.8, 4) is 6.07 Å². The smallest absolute Gasteiger partial charge is 0.327 e. The van der Waals surface area contributed by atoms with Gasteiger partial charge in [0.05, 0.1) is 12.7 Å². The van der Waals surface area contributed by atoms with E-state index in [2.05, 4.69) is 15.3 Å². The number of aliphatic imine (C=N–C) groups is 2. The standard InChI is InChI=1S/C20H18N4O2/c1-2-26-20(25)16(13-21)19-23-17(14-9-5-3-6-10-14)22-18(24-19)15-11-7-4-8-12-15/h3-12,16,19H,2H2,1H3,(H,22,23,24). The zero-order chi connectivity index (χ0) is 18.4. The molecule has 1 atom stereocenters. The van der Waals surface area contributed by atoms with E-state index in [-0.39, 0.29) is 6.61 Å². The fraction of sp³-hybridized carbons (Fsp3) is 0.200. The van der Waals surface area contributed by atoms with Gasteiger partial charge in [0.2, 0.25) is 0 Å². The van der Waals surface area contributed by atoms with Crippen molar-refractivity contribution in [2.45, 2.75) is 13.1 Å². The van der Waals surface area contributed by atoms with Crippen LogP contribution in [-0.4, -0.2) is 30.4 Å². The Morgan fingerprint density at radius 3 is 2.00 bits per heavy atom. The van der Waals surface area contributed by atoms with Gasteiger partial charge in [0.15, 0.2) is 12.1 Å². The number of hydrogen-bond donors (Lipinski definition) is 1. The van der Waals surface area contributed by atoms with Crippen LogP contribution in [0.1, 0.15) is 18.1 Å². The van der Waals surface area contributed by atoms with Crippen molar-refractivity contribution in [1.82, 2.24) is 5.32 Å². The maximum absolute atomic E-state index is 12.2. The summed E-state index contributed by atoms with van der Waals surface area (Å²) in [6, 6.07) is 21.0. The minimum absolute atomic E-state index is 0.201. The number of hydrogen-bond acceptors (Lipinski definition) is 6. The molecule has 0 bridgehead atoms. The summed E-state index contributed by atoms with van der Waals surface area (Å²) in [6.45, 7) is 1.90. The van der Waals surface area contributed by atoms with Gasteiger partial charge in [0.25, 0.3) is 0 Å². The normalized spacial score (nSPS) is 15.1. The second-order valence-electron chi connectivity index (χ2n) is 5.58. The Labute approximate surface area is 151 Å². The number of nitrogens with zero attached hydrogens (tertiary/aromatic N) is 3. The van der Waals surface area contributed by atoms with E-state index in [4.69, 9.17) is 4.74 Å². The van der Waals surface area contributed by atoms with Crippen molar-refractivity contribution in [3.05, 3.63) is 71.8 Å². The summed E-state index contributed by atoms with van der Waals surface area (Å²) >= 11 is 0. The molecule has 0 radical (unpaired) electrons. The third-order valence-corrected chi connectivity index (χ3v) is 3.83. The zero-order valence-electron chi connectivity index (χ0n) is 14.3. The number of rotatable bonds is 5. The number of nitrogens with one attached hydrogen (secondary N) is 1. The van der Waals surface area contributed by atoms with E-state index in [0.717, 1.165) is 11.1 Å². The van der Waals surface area contributed by atoms with Crippen LogP contribution >= 0.6 is 0 Å². The summed E-state index contributed by atoms with van der Waals surface area (Å²) in [7, 11) is 0. The van der Waals surface area contributed by atoms with Gasteiger partial charge in [-0.25, -0.2) is 9.98 Å². The lowest BCUT2D eigenvalue weighted by Crippen LogP contribution is -2.41. The maximum atomic E-state index is 12.2. The zero-order valence-corrected chi connectivity index (χ0v) is 14.3. The predicted octanol–water partition coefficient (Wildman–Crippen LogP) is 2.51. The van der Waals surface area contributed by atoms with Crippen LogP contribution in [0.15, 0.2) is 70.6 Å². The Morgan fingerprint density at radius 1 is 1.08 bits per heavy atom. The van der Waals surface area contributed by atoms with Gasteiger partial charge >= 0.3 is 5.97 Å². The molecule has 0 saturated carbocycles. The molecule has 1 unspecified atom stereocenters. The Balaban J connectivity index is 2.01. The van der Waals surface area contributed by atoms with Crippen molar-refractivity contribution >= 4 is 17.6 Å². The lowest BCUT2D eigenvalue weighted by molar-refractivity contribution is -0.146. The van der Waals surface area contributed by atoms with Crippen LogP contribution in [0, 0.1) is 17.2 Å². The summed E-state index contributed by atoms with van der Waals surface area (Å²) in [4.78, 5) is 21.2. The van der Waals surface area contributed by atoms with Crippen molar-refractivity contribution in [2.24, 2.45) is 15.9 Å². The van der Waals surface area contributed by atoms with Crippen molar-refractivity contribution in [3.63, 3.8) is 0 Å². The first-order valence-electron chi connectivity index (χ1n) is 8.32. The van der Waals surface area contributed by atoms with Crippen molar-refractivity contribution in [2.75, 3.05) is 6.61 Å². The summed E-state index contributed by atoms with van der Waals surface area (Å²) in [5.41, 5.74) is 1.70. The maximum Gasteiger partial charge on any atom is 0.327 e. The van der Waals surface area contributed by atoms with Gasteiger partial charge < -0.3 is 10.1 Å². The highest BCUT2D eigenvalue weighted by atomic mass is 16.5. The Bertz CT molecular complexity index is 814. The monoisotopic (exact) mass is 346 g/mol. The fourth-order valence-corrected chi connectivity index (χ4v) is 2.58. The van der Waals surface area contributed by atoms with E-state index >= 15 is 0 Å². The van der Waals surface area contributed by atoms with Crippen LogP contribution in [0.2, 0.25) is 0 Å². The lowest BCUT2D eigenvalue weighted by Gasteiger charge is -2.23. The molecule has 1 aliphatic rings. The van der Waals surface area contributed by atoms with E-state index < -0.39 is 18.1 Å². The molecule has 130 valence electrons. The minimum atomic E-state index is -1.10. The molecule has 6 heteroatoms. The van der Waals surface area contributed by atoms with E-state index in [0.29, 0.717) is 11.7 Å². The number of carbonyl (C=O) groups excluding carboxylic acids is 1. The minimum Gasteiger partial charge on any atom is -0.465 e. The van der Waals surface area contributed by atoms with Crippen molar-refractivity contribution < 1.29 is 9.53 Å². The Kier molecular flexibility index (Phi) is 5.40. The highest BCUT2D eigenvalue weighted by Crippen LogP contribution is 2.18. The quantitative estimate of drug-likeness (QED) is 0.843. The molecule has 0 saturated heterocycles. The third-order valence-electron chi connectivity index (χ3n) is 3.83. The van der Waals surface area contributed by atoms with Gasteiger partial charge in [0.1, 0.15) is 11.7 Å². The molecule has 1 heterocycles. The molecule has 2 aromatic rings. The molecule has 2 aromatic carbocycles. The van der Waals surface area contributed by atoms with Gasteiger partial charge in [0, 0.05) is 11.1 Å². The molecule has 1 aliphatic heterocycles. The summed E-state index contributed by atoms with van der Waals surface area (Å²) in [5, 5.41) is 12.7. The van der Waals surface area contributed by atoms with Crippen LogP contribution in [0.5, 0.6) is 0 Å². The first-order chi connectivity index (χ1) is 12.7. The van der Waals surface area contributed by atoms with E-state index in [9.17, 15) is 10.1 Å². The highest BCUT2D eigenvalue weighted by Gasteiger charge is 2.32. The molecule has 0 aliphatic carbocycles. The first-order valence-corrected chi connectivity index (χ1v) is 8.32. The molecular formula is C20H18N4O2. The number of ether oxygens (including phenoxy) is 1. The van der Waals surface area contributed by atoms with E-state index in [1.165, 1.54) is 0 Å². The predicted molar refractivity (Wildman–Crippen MR) is 98.6 cm³/mol. The van der Waals surface area contributed by atoms with Crippen LogP contribution in [0.3, 0.4) is 0 Å². The second-order valence-corrected chi connectivity index (χ2v) is 5.58. The topological polar surface area (TPSA) is 86.8 Å². The number of carbonyl (C=O) groups is 1. The van der Waals surface area contributed by atoms with E-state index in [1.54, 1.807) is 6.92 Å². The largest absolute Gasteiger partial charge is 0.465 e. The molecule has 26 heavy (non-hydrogen) atoms. The average molecular weight is 346 g/mol. The van der Waals surface area contributed by atoms with Gasteiger partial charge in [-0.05, 0) is 6.92 Å². The highest BCUT2D eigenvalue weighted by molar-refractivity contribution is 6.16. The fourth-order valence-electron chi connectivity index (χ4n) is 2.58.